The van der Waals surface area contributed by atoms with Crippen molar-refractivity contribution >= 4 is 5.97 Å². The summed E-state index contributed by atoms with van der Waals surface area (Å²) < 4.78 is 17.0. The third-order valence-electron chi connectivity index (χ3n) is 6.42. The van der Waals surface area contributed by atoms with Gasteiger partial charge in [-0.05, 0) is 63.5 Å². The maximum absolute atomic E-state index is 11.7. The molecule has 178 valence electrons. The molecule has 0 bridgehead atoms. The van der Waals surface area contributed by atoms with Crippen molar-refractivity contribution in [2.75, 3.05) is 13.2 Å². The van der Waals surface area contributed by atoms with Gasteiger partial charge in [-0.3, -0.25) is 4.79 Å². The molecule has 1 saturated heterocycles. The van der Waals surface area contributed by atoms with Gasteiger partial charge in [0.2, 0.25) is 0 Å². The first-order valence-corrected chi connectivity index (χ1v) is 12.0. The highest BCUT2D eigenvalue weighted by molar-refractivity contribution is 5.69. The van der Waals surface area contributed by atoms with E-state index in [1.54, 1.807) is 6.08 Å². The van der Waals surface area contributed by atoms with Crippen LogP contribution in [0.4, 0.5) is 0 Å². The minimum atomic E-state index is -0.730. The second-order valence-electron chi connectivity index (χ2n) is 9.37. The first kappa shape index (κ1) is 24.7. The van der Waals surface area contributed by atoms with Crippen molar-refractivity contribution in [2.45, 2.75) is 76.8 Å². The minimum Gasteiger partial charge on any atom is -0.491 e. The van der Waals surface area contributed by atoms with Crippen molar-refractivity contribution in [1.82, 2.24) is 0 Å². The maximum Gasteiger partial charge on any atom is 0.306 e. The zero-order valence-electron chi connectivity index (χ0n) is 19.3. The van der Waals surface area contributed by atoms with Crippen molar-refractivity contribution in [3.8, 4) is 5.75 Å². The second kappa shape index (κ2) is 12.4. The zero-order valence-corrected chi connectivity index (χ0v) is 19.3. The SMILES string of the molecule is CC(C)OC(=O)CCCC1CC[C@@H]2[C@@H](C=C[C@@H](O)COc3ccccc3)[C@H](O)C[C@H]2OC1. The van der Waals surface area contributed by atoms with Crippen molar-refractivity contribution in [1.29, 1.82) is 0 Å². The number of ether oxygens (including phenoxy) is 3. The summed E-state index contributed by atoms with van der Waals surface area (Å²) in [4.78, 5) is 11.7. The Labute approximate surface area is 191 Å². The molecule has 3 rings (SSSR count). The van der Waals surface area contributed by atoms with Crippen LogP contribution < -0.4 is 4.74 Å². The van der Waals surface area contributed by atoms with Gasteiger partial charge in [0, 0.05) is 25.4 Å². The van der Waals surface area contributed by atoms with Crippen LogP contribution in [0.25, 0.3) is 0 Å². The van der Waals surface area contributed by atoms with E-state index in [2.05, 4.69) is 0 Å². The Kier molecular flexibility index (Phi) is 9.57. The number of fused-ring (bicyclic) bond motifs is 1. The molecule has 0 aromatic heterocycles. The summed E-state index contributed by atoms with van der Waals surface area (Å²) in [6, 6.07) is 9.41. The molecule has 6 nitrogen and oxygen atoms in total. The van der Waals surface area contributed by atoms with Gasteiger partial charge in [-0.15, -0.1) is 0 Å². The second-order valence-corrected chi connectivity index (χ2v) is 9.37. The van der Waals surface area contributed by atoms with E-state index in [9.17, 15) is 15.0 Å². The van der Waals surface area contributed by atoms with Crippen molar-refractivity contribution in [2.24, 2.45) is 17.8 Å². The van der Waals surface area contributed by atoms with Crippen LogP contribution in [0, 0.1) is 17.8 Å². The van der Waals surface area contributed by atoms with E-state index in [-0.39, 0.29) is 36.6 Å². The van der Waals surface area contributed by atoms with Gasteiger partial charge in [0.1, 0.15) is 18.5 Å². The first-order chi connectivity index (χ1) is 15.4. The van der Waals surface area contributed by atoms with E-state index >= 15 is 0 Å². The number of para-hydroxylation sites is 1. The van der Waals surface area contributed by atoms with Gasteiger partial charge in [-0.1, -0.05) is 30.4 Å². The molecule has 1 unspecified atom stereocenters. The van der Waals surface area contributed by atoms with Gasteiger partial charge in [0.25, 0.3) is 0 Å². The van der Waals surface area contributed by atoms with Crippen LogP contribution in [0.1, 0.15) is 52.4 Å². The Morgan fingerprint density at radius 2 is 2.03 bits per heavy atom. The number of carbonyl (C=O) groups is 1. The predicted octanol–water partition coefficient (Wildman–Crippen LogP) is 3.90. The number of aliphatic hydroxyl groups is 2. The summed E-state index contributed by atoms with van der Waals surface area (Å²) in [6.45, 7) is 4.58. The molecule has 1 aliphatic carbocycles. The molecule has 0 spiro atoms. The molecule has 0 radical (unpaired) electrons. The average Bonchev–Trinajstić information content (AvgIpc) is 2.92. The lowest BCUT2D eigenvalue weighted by atomic mass is 9.86. The standard InChI is InChI=1S/C26H38O6/c1-18(2)32-26(29)10-6-7-19-11-13-23-22(24(28)15-25(23)31-16-19)14-12-20(27)17-30-21-8-4-3-5-9-21/h3-5,8-9,12,14,18-20,22-25,27-28H,6-7,10-11,13,15-17H2,1-2H3/t19?,20-,22-,23-,24-,25-/m1/s1. The Hall–Kier alpha value is -1.89. The van der Waals surface area contributed by atoms with Gasteiger partial charge in [0.15, 0.2) is 0 Å². The number of carbonyl (C=O) groups excluding carboxylic acids is 1. The highest BCUT2D eigenvalue weighted by Gasteiger charge is 2.43. The van der Waals surface area contributed by atoms with Crippen molar-refractivity contribution in [3.05, 3.63) is 42.5 Å². The first-order valence-electron chi connectivity index (χ1n) is 12.0. The molecule has 1 aromatic carbocycles. The lowest BCUT2D eigenvalue weighted by molar-refractivity contribution is -0.147. The van der Waals surface area contributed by atoms with Crippen LogP contribution in [0.5, 0.6) is 5.75 Å². The number of benzene rings is 1. The van der Waals surface area contributed by atoms with E-state index in [0.717, 1.165) is 31.4 Å². The van der Waals surface area contributed by atoms with E-state index in [1.807, 2.05) is 50.3 Å². The van der Waals surface area contributed by atoms with Gasteiger partial charge in [-0.2, -0.15) is 0 Å². The molecule has 6 atom stereocenters. The molecule has 2 fully saturated rings. The van der Waals surface area contributed by atoms with Crippen LogP contribution >= 0.6 is 0 Å². The number of hydrogen-bond donors (Lipinski definition) is 2. The predicted molar refractivity (Wildman–Crippen MR) is 122 cm³/mol. The van der Waals surface area contributed by atoms with Gasteiger partial charge in [-0.25, -0.2) is 0 Å². The normalized spacial score (nSPS) is 29.0. The Bertz CT molecular complexity index is 718. The zero-order chi connectivity index (χ0) is 22.9. The van der Waals surface area contributed by atoms with Crippen LogP contribution in [-0.2, 0) is 14.3 Å². The number of esters is 1. The monoisotopic (exact) mass is 446 g/mol. The van der Waals surface area contributed by atoms with E-state index in [0.29, 0.717) is 25.4 Å². The number of aliphatic hydroxyl groups excluding tert-OH is 2. The molecule has 32 heavy (non-hydrogen) atoms. The summed E-state index contributed by atoms with van der Waals surface area (Å²) >= 11 is 0. The molecular formula is C26H38O6. The smallest absolute Gasteiger partial charge is 0.306 e. The summed E-state index contributed by atoms with van der Waals surface area (Å²) in [5.74, 6) is 1.25. The molecule has 1 aliphatic heterocycles. The largest absolute Gasteiger partial charge is 0.491 e. The Morgan fingerprint density at radius 3 is 2.78 bits per heavy atom. The highest BCUT2D eigenvalue weighted by Crippen LogP contribution is 2.42. The third kappa shape index (κ3) is 7.61. The van der Waals surface area contributed by atoms with Gasteiger partial charge < -0.3 is 24.4 Å². The maximum atomic E-state index is 11.7. The number of hydrogen-bond acceptors (Lipinski definition) is 6. The van der Waals surface area contributed by atoms with Gasteiger partial charge >= 0.3 is 5.97 Å². The Balaban J connectivity index is 1.44. The van der Waals surface area contributed by atoms with Crippen LogP contribution in [0.2, 0.25) is 0 Å². The van der Waals surface area contributed by atoms with Crippen LogP contribution in [0.15, 0.2) is 42.5 Å². The average molecular weight is 447 g/mol. The Morgan fingerprint density at radius 1 is 1.25 bits per heavy atom. The summed E-state index contributed by atoms with van der Waals surface area (Å²) in [7, 11) is 0. The number of rotatable bonds is 10. The fourth-order valence-corrected chi connectivity index (χ4v) is 4.81. The van der Waals surface area contributed by atoms with Crippen molar-refractivity contribution < 1.29 is 29.2 Å². The molecule has 2 aliphatic rings. The topological polar surface area (TPSA) is 85.2 Å². The molecule has 1 aromatic rings. The summed E-state index contributed by atoms with van der Waals surface area (Å²) in [5.41, 5.74) is 0. The lowest BCUT2D eigenvalue weighted by Crippen LogP contribution is -2.22. The molecule has 0 amide bonds. The van der Waals surface area contributed by atoms with Crippen LogP contribution in [-0.4, -0.2) is 53.8 Å². The minimum absolute atomic E-state index is 0.0221. The van der Waals surface area contributed by atoms with Gasteiger partial charge in [0.05, 0.1) is 18.3 Å². The highest BCUT2D eigenvalue weighted by atomic mass is 16.5. The molecular weight excluding hydrogens is 408 g/mol. The van der Waals surface area contributed by atoms with Crippen LogP contribution in [0.3, 0.4) is 0 Å². The molecule has 1 heterocycles. The molecule has 1 saturated carbocycles. The lowest BCUT2D eigenvalue weighted by Gasteiger charge is -2.21. The summed E-state index contributed by atoms with van der Waals surface area (Å²) in [5, 5.41) is 20.9. The molecule has 2 N–H and O–H groups in total. The van der Waals surface area contributed by atoms with Crippen molar-refractivity contribution in [3.63, 3.8) is 0 Å². The van der Waals surface area contributed by atoms with E-state index in [4.69, 9.17) is 14.2 Å². The quantitative estimate of drug-likeness (QED) is 0.419. The fourth-order valence-electron chi connectivity index (χ4n) is 4.81. The fraction of sp³-hybridized carbons (Fsp3) is 0.654. The van der Waals surface area contributed by atoms with E-state index in [1.165, 1.54) is 0 Å². The summed E-state index contributed by atoms with van der Waals surface area (Å²) in [6.07, 6.45) is 7.33. The van der Waals surface area contributed by atoms with E-state index < -0.39 is 12.2 Å². The molecule has 6 heteroatoms. The third-order valence-corrected chi connectivity index (χ3v) is 6.42.